The highest BCUT2D eigenvalue weighted by molar-refractivity contribution is 5.91. The summed E-state index contributed by atoms with van der Waals surface area (Å²) in [4.78, 5) is 22.6. The number of nitrogens with one attached hydrogen (secondary N) is 1. The lowest BCUT2D eigenvalue weighted by Crippen LogP contribution is -2.22. The zero-order valence-corrected chi connectivity index (χ0v) is 15.2. The number of amides is 1. The molecule has 0 fully saturated rings. The first-order valence-electron chi connectivity index (χ1n) is 9.15. The molecule has 0 aliphatic heterocycles. The molecule has 2 rings (SSSR count). The van der Waals surface area contributed by atoms with Crippen LogP contribution in [0.1, 0.15) is 51.0 Å². The summed E-state index contributed by atoms with van der Waals surface area (Å²) in [5.41, 5.74) is 1.91. The maximum Gasteiger partial charge on any atom is 0.311 e. The molecule has 1 aromatic carbocycles. The number of rotatable bonds is 9. The van der Waals surface area contributed by atoms with E-state index in [1.807, 2.05) is 6.92 Å². The Balaban J connectivity index is 1.89. The second-order valence-corrected chi connectivity index (χ2v) is 6.32. The van der Waals surface area contributed by atoms with Crippen molar-refractivity contribution in [1.82, 2.24) is 5.32 Å². The molecule has 0 bridgehead atoms. The summed E-state index contributed by atoms with van der Waals surface area (Å²) >= 11 is 0. The minimum absolute atomic E-state index is 0.0924. The van der Waals surface area contributed by atoms with Gasteiger partial charge in [0.25, 0.3) is 0 Å². The van der Waals surface area contributed by atoms with Crippen molar-refractivity contribution in [2.24, 2.45) is 0 Å². The molecule has 1 aliphatic carbocycles. The Kier molecular flexibility index (Phi) is 7.86. The summed E-state index contributed by atoms with van der Waals surface area (Å²) in [6.07, 6.45) is 11.7. The van der Waals surface area contributed by atoms with E-state index in [9.17, 15) is 14.9 Å². The van der Waals surface area contributed by atoms with Crippen LogP contribution in [0.4, 0.5) is 5.69 Å². The van der Waals surface area contributed by atoms with Gasteiger partial charge < -0.3 is 10.1 Å². The molecule has 0 atom stereocenters. The fourth-order valence-corrected chi connectivity index (χ4v) is 2.82. The molecule has 140 valence electrons. The standard InChI is InChI=1S/C20H26N2O4/c1-2-14-26-19-10-8-17(15-18(19)22(24)25)9-11-20(23)21-13-12-16-6-4-3-5-7-16/h6,8-11,15H,2-5,7,12-14H2,1H3,(H,21,23)/b11-9+. The van der Waals surface area contributed by atoms with Gasteiger partial charge in [0, 0.05) is 18.7 Å². The van der Waals surface area contributed by atoms with Crippen LogP contribution in [0, 0.1) is 10.1 Å². The highest BCUT2D eigenvalue weighted by Gasteiger charge is 2.15. The average Bonchev–Trinajstić information content (AvgIpc) is 2.65. The van der Waals surface area contributed by atoms with Crippen LogP contribution in [-0.2, 0) is 4.79 Å². The topological polar surface area (TPSA) is 81.5 Å². The van der Waals surface area contributed by atoms with Crippen molar-refractivity contribution < 1.29 is 14.5 Å². The normalized spacial score (nSPS) is 14.1. The van der Waals surface area contributed by atoms with Crippen molar-refractivity contribution in [1.29, 1.82) is 0 Å². The summed E-state index contributed by atoms with van der Waals surface area (Å²) in [6, 6.07) is 4.69. The number of benzene rings is 1. The van der Waals surface area contributed by atoms with Gasteiger partial charge in [-0.3, -0.25) is 14.9 Å². The Hall–Kier alpha value is -2.63. The number of nitro groups is 1. The van der Waals surface area contributed by atoms with Crippen LogP contribution < -0.4 is 10.1 Å². The maximum atomic E-state index is 11.9. The number of hydrogen-bond acceptors (Lipinski definition) is 4. The van der Waals surface area contributed by atoms with Gasteiger partial charge in [0.1, 0.15) is 0 Å². The van der Waals surface area contributed by atoms with E-state index in [0.717, 1.165) is 25.7 Å². The molecule has 1 N–H and O–H groups in total. The number of nitro benzene ring substituents is 1. The molecule has 6 heteroatoms. The quantitative estimate of drug-likeness (QED) is 0.307. The molecule has 1 amide bonds. The van der Waals surface area contributed by atoms with Crippen molar-refractivity contribution in [3.63, 3.8) is 0 Å². The third-order valence-corrected chi connectivity index (χ3v) is 4.20. The molecule has 0 heterocycles. The number of carbonyl (C=O) groups is 1. The van der Waals surface area contributed by atoms with Gasteiger partial charge in [0.2, 0.25) is 5.91 Å². The third kappa shape index (κ3) is 6.35. The first-order chi connectivity index (χ1) is 12.6. The van der Waals surface area contributed by atoms with Gasteiger partial charge in [-0.1, -0.05) is 24.6 Å². The monoisotopic (exact) mass is 358 g/mol. The fraction of sp³-hybridized carbons (Fsp3) is 0.450. The number of hydrogen-bond donors (Lipinski definition) is 1. The minimum atomic E-state index is -0.472. The minimum Gasteiger partial charge on any atom is -0.487 e. The molecule has 0 radical (unpaired) electrons. The van der Waals surface area contributed by atoms with Crippen molar-refractivity contribution >= 4 is 17.7 Å². The molecule has 0 aromatic heterocycles. The van der Waals surface area contributed by atoms with Gasteiger partial charge in [-0.05, 0) is 56.2 Å². The smallest absolute Gasteiger partial charge is 0.311 e. The average molecular weight is 358 g/mol. The Bertz CT molecular complexity index is 695. The van der Waals surface area contributed by atoms with E-state index >= 15 is 0 Å². The predicted molar refractivity (Wildman–Crippen MR) is 102 cm³/mol. The van der Waals surface area contributed by atoms with E-state index in [-0.39, 0.29) is 17.3 Å². The summed E-state index contributed by atoms with van der Waals surface area (Å²) in [7, 11) is 0. The van der Waals surface area contributed by atoms with Crippen LogP contribution in [-0.4, -0.2) is 24.0 Å². The number of carbonyl (C=O) groups excluding carboxylic acids is 1. The Morgan fingerprint density at radius 2 is 2.23 bits per heavy atom. The van der Waals surface area contributed by atoms with E-state index < -0.39 is 4.92 Å². The van der Waals surface area contributed by atoms with Gasteiger partial charge in [-0.15, -0.1) is 0 Å². The van der Waals surface area contributed by atoms with Crippen molar-refractivity contribution in [3.05, 3.63) is 51.6 Å². The van der Waals surface area contributed by atoms with E-state index in [1.54, 1.807) is 18.2 Å². The lowest BCUT2D eigenvalue weighted by Gasteiger charge is -2.12. The van der Waals surface area contributed by atoms with Crippen LogP contribution in [0.3, 0.4) is 0 Å². The fourth-order valence-electron chi connectivity index (χ4n) is 2.82. The summed E-state index contributed by atoms with van der Waals surface area (Å²) < 4.78 is 5.39. The SMILES string of the molecule is CCCOc1ccc(/C=C/C(=O)NCCC2=CCCCC2)cc1[N+](=O)[O-]. The molecule has 0 unspecified atom stereocenters. The molecule has 0 spiro atoms. The summed E-state index contributed by atoms with van der Waals surface area (Å²) in [6.45, 7) is 2.97. The van der Waals surface area contributed by atoms with Crippen LogP contribution in [0.15, 0.2) is 35.9 Å². The van der Waals surface area contributed by atoms with Crippen LogP contribution in [0.2, 0.25) is 0 Å². The van der Waals surface area contributed by atoms with E-state index in [4.69, 9.17) is 4.74 Å². The van der Waals surface area contributed by atoms with Gasteiger partial charge >= 0.3 is 5.69 Å². The number of allylic oxidation sites excluding steroid dienone is 1. The molecule has 0 saturated carbocycles. The first-order valence-corrected chi connectivity index (χ1v) is 9.15. The molecule has 0 saturated heterocycles. The zero-order chi connectivity index (χ0) is 18.8. The lowest BCUT2D eigenvalue weighted by atomic mass is 9.97. The highest BCUT2D eigenvalue weighted by Crippen LogP contribution is 2.28. The Morgan fingerprint density at radius 3 is 2.92 bits per heavy atom. The second kappa shape index (κ2) is 10.4. The van der Waals surface area contributed by atoms with Gasteiger partial charge in [0.05, 0.1) is 11.5 Å². The van der Waals surface area contributed by atoms with Gasteiger partial charge in [0.15, 0.2) is 5.75 Å². The third-order valence-electron chi connectivity index (χ3n) is 4.20. The van der Waals surface area contributed by atoms with Crippen molar-refractivity contribution in [3.8, 4) is 5.75 Å². The zero-order valence-electron chi connectivity index (χ0n) is 15.2. The highest BCUT2D eigenvalue weighted by atomic mass is 16.6. The summed E-state index contributed by atoms with van der Waals surface area (Å²) in [5, 5.41) is 14.0. The van der Waals surface area contributed by atoms with Crippen molar-refractivity contribution in [2.75, 3.05) is 13.2 Å². The Labute approximate surface area is 154 Å². The number of ether oxygens (including phenoxy) is 1. The first kappa shape index (κ1) is 19.7. The molecule has 1 aromatic rings. The molecule has 6 nitrogen and oxygen atoms in total. The van der Waals surface area contributed by atoms with E-state index in [0.29, 0.717) is 18.7 Å². The van der Waals surface area contributed by atoms with Crippen molar-refractivity contribution in [2.45, 2.75) is 45.4 Å². The maximum absolute atomic E-state index is 11.9. The molecule has 1 aliphatic rings. The summed E-state index contributed by atoms with van der Waals surface area (Å²) in [5.74, 6) is 0.0505. The van der Waals surface area contributed by atoms with Crippen LogP contribution >= 0.6 is 0 Å². The van der Waals surface area contributed by atoms with Crippen LogP contribution in [0.25, 0.3) is 6.08 Å². The Morgan fingerprint density at radius 1 is 1.38 bits per heavy atom. The predicted octanol–water partition coefficient (Wildman–Crippen LogP) is 4.40. The lowest BCUT2D eigenvalue weighted by molar-refractivity contribution is -0.385. The van der Waals surface area contributed by atoms with Gasteiger partial charge in [-0.2, -0.15) is 0 Å². The number of nitrogens with zero attached hydrogens (tertiary/aromatic N) is 1. The molecular weight excluding hydrogens is 332 g/mol. The van der Waals surface area contributed by atoms with E-state index in [1.165, 1.54) is 30.6 Å². The molecular formula is C20H26N2O4. The second-order valence-electron chi connectivity index (χ2n) is 6.32. The molecule has 26 heavy (non-hydrogen) atoms. The van der Waals surface area contributed by atoms with E-state index in [2.05, 4.69) is 11.4 Å². The largest absolute Gasteiger partial charge is 0.487 e. The van der Waals surface area contributed by atoms with Gasteiger partial charge in [-0.25, -0.2) is 0 Å². The van der Waals surface area contributed by atoms with Crippen LogP contribution in [0.5, 0.6) is 5.75 Å².